The van der Waals surface area contributed by atoms with Crippen molar-refractivity contribution in [3.63, 3.8) is 0 Å². The van der Waals surface area contributed by atoms with E-state index < -0.39 is 11.5 Å². The fourth-order valence-electron chi connectivity index (χ4n) is 2.77. The van der Waals surface area contributed by atoms with E-state index in [0.717, 1.165) is 23.6 Å². The molecule has 4 nitrogen and oxygen atoms in total. The van der Waals surface area contributed by atoms with Gasteiger partial charge in [-0.3, -0.25) is 4.79 Å². The predicted octanol–water partition coefficient (Wildman–Crippen LogP) is 2.67. The second-order valence-corrected chi connectivity index (χ2v) is 5.60. The summed E-state index contributed by atoms with van der Waals surface area (Å²) >= 11 is 0. The van der Waals surface area contributed by atoms with Crippen LogP contribution in [0.5, 0.6) is 5.75 Å². The van der Waals surface area contributed by atoms with Crippen LogP contribution in [0.4, 0.5) is 0 Å². The van der Waals surface area contributed by atoms with E-state index in [-0.39, 0.29) is 12.5 Å². The molecule has 0 aromatic heterocycles. The van der Waals surface area contributed by atoms with Crippen LogP contribution in [0.2, 0.25) is 0 Å². The number of nitrogens with one attached hydrogen (secondary N) is 1. The van der Waals surface area contributed by atoms with Crippen molar-refractivity contribution in [3.8, 4) is 5.75 Å². The van der Waals surface area contributed by atoms with Gasteiger partial charge in [-0.25, -0.2) is 0 Å². The molecular weight excluding hydrogens is 266 g/mol. The molecule has 2 aromatic rings. The van der Waals surface area contributed by atoms with Crippen molar-refractivity contribution in [3.05, 3.63) is 42.5 Å². The molecule has 4 heteroatoms. The molecule has 1 saturated carbocycles. The molecule has 0 saturated heterocycles. The van der Waals surface area contributed by atoms with Crippen LogP contribution in [0.1, 0.15) is 12.8 Å². The number of fused-ring (bicyclic) bond motifs is 1. The summed E-state index contributed by atoms with van der Waals surface area (Å²) in [6.45, 7) is 0.141. The van der Waals surface area contributed by atoms with Crippen molar-refractivity contribution in [2.24, 2.45) is 5.92 Å². The van der Waals surface area contributed by atoms with Crippen LogP contribution in [-0.2, 0) is 4.79 Å². The largest absolute Gasteiger partial charge is 0.491 e. The minimum atomic E-state index is -0.981. The molecule has 0 radical (unpaired) electrons. The summed E-state index contributed by atoms with van der Waals surface area (Å²) in [4.78, 5) is 11.6. The Bertz CT molecular complexity index is 666. The molecule has 1 atom stereocenters. The van der Waals surface area contributed by atoms with Crippen LogP contribution in [0.3, 0.4) is 0 Å². The number of aliphatic carboxylic acids is 1. The smallest absolute Gasteiger partial charge is 0.327 e. The highest BCUT2D eigenvalue weighted by atomic mass is 16.5. The minimum absolute atomic E-state index is 0.141. The number of ether oxygens (including phenoxy) is 1. The normalized spacial score (nSPS) is 17.4. The zero-order valence-corrected chi connectivity index (χ0v) is 12.0. The number of hydrogen-bond donors (Lipinski definition) is 2. The molecule has 21 heavy (non-hydrogen) atoms. The maximum absolute atomic E-state index is 11.6. The Morgan fingerprint density at radius 2 is 2.00 bits per heavy atom. The van der Waals surface area contributed by atoms with Crippen molar-refractivity contribution < 1.29 is 14.6 Å². The second kappa shape index (κ2) is 5.37. The van der Waals surface area contributed by atoms with Gasteiger partial charge < -0.3 is 15.2 Å². The number of benzene rings is 2. The summed E-state index contributed by atoms with van der Waals surface area (Å²) in [6, 6.07) is 13.9. The average Bonchev–Trinajstić information content (AvgIpc) is 3.33. The van der Waals surface area contributed by atoms with Gasteiger partial charge in [0, 0.05) is 0 Å². The Hall–Kier alpha value is -2.07. The zero-order valence-electron chi connectivity index (χ0n) is 12.0. The first-order valence-electron chi connectivity index (χ1n) is 7.19. The molecule has 0 spiro atoms. The summed E-state index contributed by atoms with van der Waals surface area (Å²) in [7, 11) is 1.69. The summed E-state index contributed by atoms with van der Waals surface area (Å²) in [6.07, 6.45) is 1.88. The Balaban J connectivity index is 1.79. The van der Waals surface area contributed by atoms with Crippen LogP contribution in [0.25, 0.3) is 10.8 Å². The summed E-state index contributed by atoms with van der Waals surface area (Å²) in [5, 5.41) is 14.7. The maximum Gasteiger partial charge on any atom is 0.327 e. The lowest BCUT2D eigenvalue weighted by molar-refractivity contribution is -0.147. The Kier molecular flexibility index (Phi) is 3.55. The van der Waals surface area contributed by atoms with Crippen LogP contribution in [0.15, 0.2) is 42.5 Å². The fraction of sp³-hybridized carbons (Fsp3) is 0.353. The highest BCUT2D eigenvalue weighted by Crippen LogP contribution is 2.40. The van der Waals surface area contributed by atoms with E-state index in [9.17, 15) is 9.90 Å². The van der Waals surface area contributed by atoms with Crippen LogP contribution in [-0.4, -0.2) is 30.3 Å². The number of carbonyl (C=O) groups is 1. The lowest BCUT2D eigenvalue weighted by atomic mass is 9.94. The third-order valence-electron chi connectivity index (χ3n) is 4.29. The number of carboxylic acid groups (broad SMARTS) is 1. The van der Waals surface area contributed by atoms with Gasteiger partial charge in [-0.05, 0) is 48.7 Å². The quantitative estimate of drug-likeness (QED) is 0.856. The lowest BCUT2D eigenvalue weighted by Gasteiger charge is -2.29. The Morgan fingerprint density at radius 1 is 1.29 bits per heavy atom. The fourth-order valence-corrected chi connectivity index (χ4v) is 2.77. The number of hydrogen-bond acceptors (Lipinski definition) is 3. The van der Waals surface area contributed by atoms with Crippen molar-refractivity contribution >= 4 is 16.7 Å². The average molecular weight is 285 g/mol. The van der Waals surface area contributed by atoms with Crippen molar-refractivity contribution in [1.29, 1.82) is 0 Å². The molecule has 110 valence electrons. The van der Waals surface area contributed by atoms with Gasteiger partial charge >= 0.3 is 5.97 Å². The van der Waals surface area contributed by atoms with Gasteiger partial charge in [0.2, 0.25) is 0 Å². The monoisotopic (exact) mass is 285 g/mol. The number of carboxylic acids is 1. The summed E-state index contributed by atoms with van der Waals surface area (Å²) in [5.74, 6) is 0.0176. The molecule has 2 N–H and O–H groups in total. The van der Waals surface area contributed by atoms with E-state index in [1.807, 2.05) is 42.5 Å². The lowest BCUT2D eigenvalue weighted by Crippen LogP contribution is -2.56. The third-order valence-corrected chi connectivity index (χ3v) is 4.29. The molecule has 2 aromatic carbocycles. The first kappa shape index (κ1) is 13.9. The third kappa shape index (κ3) is 2.59. The SMILES string of the molecule is CNC(COc1ccc2ccccc2c1)(C(=O)O)C1CC1. The highest BCUT2D eigenvalue weighted by molar-refractivity contribution is 5.84. The van der Waals surface area contributed by atoms with Gasteiger partial charge in [-0.1, -0.05) is 30.3 Å². The number of likely N-dealkylation sites (N-methyl/N-ethyl adjacent to an activating group) is 1. The molecule has 0 heterocycles. The topological polar surface area (TPSA) is 58.6 Å². The van der Waals surface area contributed by atoms with Crippen LogP contribution < -0.4 is 10.1 Å². The van der Waals surface area contributed by atoms with Gasteiger partial charge in [0.05, 0.1) is 0 Å². The van der Waals surface area contributed by atoms with Crippen molar-refractivity contribution in [2.75, 3.05) is 13.7 Å². The molecule has 1 fully saturated rings. The van der Waals surface area contributed by atoms with Gasteiger partial charge in [-0.15, -0.1) is 0 Å². The molecule has 1 unspecified atom stereocenters. The van der Waals surface area contributed by atoms with Crippen LogP contribution >= 0.6 is 0 Å². The van der Waals surface area contributed by atoms with E-state index in [2.05, 4.69) is 5.32 Å². The summed E-state index contributed by atoms with van der Waals surface area (Å²) in [5.41, 5.74) is -0.981. The number of rotatable bonds is 6. The molecule has 0 aliphatic heterocycles. The van der Waals surface area contributed by atoms with E-state index in [4.69, 9.17) is 4.74 Å². The molecule has 0 bridgehead atoms. The van der Waals surface area contributed by atoms with Gasteiger partial charge in [0.15, 0.2) is 5.54 Å². The van der Waals surface area contributed by atoms with Gasteiger partial charge in [-0.2, -0.15) is 0 Å². The van der Waals surface area contributed by atoms with E-state index in [1.54, 1.807) is 7.05 Å². The molecular formula is C17H19NO3. The molecule has 0 amide bonds. The van der Waals surface area contributed by atoms with Crippen molar-refractivity contribution in [2.45, 2.75) is 18.4 Å². The Morgan fingerprint density at radius 3 is 2.62 bits per heavy atom. The zero-order chi connectivity index (χ0) is 14.9. The van der Waals surface area contributed by atoms with Crippen molar-refractivity contribution in [1.82, 2.24) is 5.32 Å². The highest BCUT2D eigenvalue weighted by Gasteiger charge is 2.51. The standard InChI is InChI=1S/C17H19NO3/c1-18-17(16(19)20,14-7-8-14)11-21-15-9-6-12-4-2-3-5-13(12)10-15/h2-6,9-10,14,18H,7-8,11H2,1H3,(H,19,20). The van der Waals surface area contributed by atoms with Crippen LogP contribution in [0, 0.1) is 5.92 Å². The van der Waals surface area contributed by atoms with E-state index >= 15 is 0 Å². The van der Waals surface area contributed by atoms with Gasteiger partial charge in [0.1, 0.15) is 12.4 Å². The molecule has 3 rings (SSSR count). The minimum Gasteiger partial charge on any atom is -0.491 e. The van der Waals surface area contributed by atoms with Gasteiger partial charge in [0.25, 0.3) is 0 Å². The molecule has 1 aliphatic carbocycles. The molecule has 1 aliphatic rings. The first-order valence-corrected chi connectivity index (χ1v) is 7.19. The second-order valence-electron chi connectivity index (χ2n) is 5.60. The van der Waals surface area contributed by atoms with E-state index in [1.165, 1.54) is 0 Å². The Labute approximate surface area is 123 Å². The maximum atomic E-state index is 11.6. The van der Waals surface area contributed by atoms with E-state index in [0.29, 0.717) is 5.75 Å². The summed E-state index contributed by atoms with van der Waals surface area (Å²) < 4.78 is 5.79. The first-order chi connectivity index (χ1) is 10.2. The predicted molar refractivity (Wildman–Crippen MR) is 81.6 cm³/mol.